The molecule has 0 aromatic heterocycles. The van der Waals surface area contributed by atoms with E-state index < -0.39 is 0 Å². The van der Waals surface area contributed by atoms with Gasteiger partial charge in [0.15, 0.2) is 0 Å². The third-order valence-electron chi connectivity index (χ3n) is 3.21. The van der Waals surface area contributed by atoms with Gasteiger partial charge in [0, 0.05) is 28.7 Å². The summed E-state index contributed by atoms with van der Waals surface area (Å²) in [6, 6.07) is 13.2. The Kier molecular flexibility index (Phi) is 4.84. The van der Waals surface area contributed by atoms with Crippen molar-refractivity contribution in [3.8, 4) is 0 Å². The molecular weight excluding hydrogens is 338 g/mol. The molecule has 0 atom stereocenters. The maximum Gasteiger partial charge on any atom is 0.254 e. The third kappa shape index (κ3) is 3.22. The van der Waals surface area contributed by atoms with Crippen molar-refractivity contribution < 1.29 is 4.79 Å². The minimum atomic E-state index is -0.0104. The fourth-order valence-corrected chi connectivity index (χ4v) is 2.56. The molecule has 0 unspecified atom stereocenters. The molecule has 0 aliphatic carbocycles. The van der Waals surface area contributed by atoms with Crippen molar-refractivity contribution >= 4 is 33.4 Å². The van der Waals surface area contributed by atoms with E-state index in [0.717, 1.165) is 15.6 Å². The monoisotopic (exact) mass is 351 g/mol. The van der Waals surface area contributed by atoms with Gasteiger partial charge in [-0.05, 0) is 36.2 Å². The Bertz CT molecular complexity index is 642. The van der Waals surface area contributed by atoms with Crippen molar-refractivity contribution in [2.75, 3.05) is 7.05 Å². The maximum atomic E-state index is 12.5. The Labute approximate surface area is 132 Å². The number of hydrogen-bond donors (Lipinski definition) is 0. The normalized spacial score (nSPS) is 10.4. The average Bonchev–Trinajstić information content (AvgIpc) is 2.43. The predicted octanol–water partition coefficient (Wildman–Crippen LogP) is 4.68. The highest BCUT2D eigenvalue weighted by Crippen LogP contribution is 2.22. The number of nitrogens with zero attached hydrogens (tertiary/aromatic N) is 1. The average molecular weight is 353 g/mol. The Morgan fingerprint density at radius 2 is 1.90 bits per heavy atom. The number of rotatable bonds is 3. The lowest BCUT2D eigenvalue weighted by Gasteiger charge is -2.19. The lowest BCUT2D eigenvalue weighted by Crippen LogP contribution is -2.27. The third-order valence-corrected chi connectivity index (χ3v) is 4.44. The van der Waals surface area contributed by atoms with Gasteiger partial charge in [0.1, 0.15) is 0 Å². The summed E-state index contributed by atoms with van der Waals surface area (Å²) in [5.41, 5.74) is 2.59. The van der Waals surface area contributed by atoms with Crippen molar-refractivity contribution in [2.45, 2.75) is 13.5 Å². The van der Waals surface area contributed by atoms with E-state index in [1.165, 1.54) is 0 Å². The molecule has 0 spiro atoms. The number of hydrogen-bond acceptors (Lipinski definition) is 1. The first-order valence-electron chi connectivity index (χ1n) is 6.24. The van der Waals surface area contributed by atoms with E-state index >= 15 is 0 Å². The summed E-state index contributed by atoms with van der Waals surface area (Å²) in [6.45, 7) is 2.42. The fraction of sp³-hybridized carbons (Fsp3) is 0.188. The molecule has 0 N–H and O–H groups in total. The summed E-state index contributed by atoms with van der Waals surface area (Å²) in [7, 11) is 1.78. The Morgan fingerprint density at radius 3 is 2.60 bits per heavy atom. The molecule has 1 amide bonds. The minimum Gasteiger partial charge on any atom is -0.337 e. The van der Waals surface area contributed by atoms with Gasteiger partial charge in [-0.15, -0.1) is 0 Å². The zero-order valence-corrected chi connectivity index (χ0v) is 13.7. The smallest absolute Gasteiger partial charge is 0.254 e. The minimum absolute atomic E-state index is 0.0104. The Balaban J connectivity index is 2.21. The van der Waals surface area contributed by atoms with E-state index in [1.807, 2.05) is 49.4 Å². The lowest BCUT2D eigenvalue weighted by atomic mass is 10.1. The van der Waals surface area contributed by atoms with Gasteiger partial charge in [0.25, 0.3) is 5.91 Å². The first-order chi connectivity index (χ1) is 9.50. The Hall–Kier alpha value is -1.32. The molecule has 0 aliphatic heterocycles. The van der Waals surface area contributed by atoms with Gasteiger partial charge in [-0.2, -0.15) is 0 Å². The van der Waals surface area contributed by atoms with E-state index in [-0.39, 0.29) is 5.91 Å². The van der Waals surface area contributed by atoms with Crippen LogP contribution in [0.25, 0.3) is 0 Å². The molecule has 0 heterocycles. The second-order valence-corrected chi connectivity index (χ2v) is 5.93. The predicted molar refractivity (Wildman–Crippen MR) is 86.1 cm³/mol. The molecule has 0 fully saturated rings. The van der Waals surface area contributed by atoms with Crippen LogP contribution in [0.1, 0.15) is 21.5 Å². The van der Waals surface area contributed by atoms with Crippen LogP contribution in [0.5, 0.6) is 0 Å². The van der Waals surface area contributed by atoms with Crippen LogP contribution in [0.4, 0.5) is 0 Å². The van der Waals surface area contributed by atoms with Gasteiger partial charge in [0.2, 0.25) is 0 Å². The molecule has 0 radical (unpaired) electrons. The van der Waals surface area contributed by atoms with Crippen LogP contribution < -0.4 is 0 Å². The lowest BCUT2D eigenvalue weighted by molar-refractivity contribution is 0.0784. The van der Waals surface area contributed by atoms with Crippen LogP contribution >= 0.6 is 27.5 Å². The van der Waals surface area contributed by atoms with Crippen LogP contribution in [0, 0.1) is 6.92 Å². The van der Waals surface area contributed by atoms with Gasteiger partial charge in [-0.3, -0.25) is 4.79 Å². The van der Waals surface area contributed by atoms with Crippen LogP contribution in [0.15, 0.2) is 46.9 Å². The van der Waals surface area contributed by atoms with Crippen LogP contribution in [0.2, 0.25) is 5.02 Å². The molecule has 104 valence electrons. The summed E-state index contributed by atoms with van der Waals surface area (Å²) >= 11 is 9.58. The van der Waals surface area contributed by atoms with E-state index in [0.29, 0.717) is 17.1 Å². The van der Waals surface area contributed by atoms with Crippen LogP contribution in [-0.4, -0.2) is 17.9 Å². The van der Waals surface area contributed by atoms with Gasteiger partial charge >= 0.3 is 0 Å². The summed E-state index contributed by atoms with van der Waals surface area (Å²) in [4.78, 5) is 14.2. The Morgan fingerprint density at radius 1 is 1.20 bits per heavy atom. The van der Waals surface area contributed by atoms with Crippen molar-refractivity contribution in [2.24, 2.45) is 0 Å². The number of halogens is 2. The number of amides is 1. The number of carbonyl (C=O) groups is 1. The molecule has 4 heteroatoms. The SMILES string of the molecule is Cc1c(Br)cccc1C(=O)N(C)Cc1ccccc1Cl. The van der Waals surface area contributed by atoms with Crippen molar-refractivity contribution in [1.29, 1.82) is 0 Å². The molecule has 2 nitrogen and oxygen atoms in total. The van der Waals surface area contributed by atoms with Crippen LogP contribution in [0.3, 0.4) is 0 Å². The summed E-state index contributed by atoms with van der Waals surface area (Å²) < 4.78 is 0.939. The zero-order chi connectivity index (χ0) is 14.7. The highest BCUT2D eigenvalue weighted by atomic mass is 79.9. The first kappa shape index (κ1) is 15.1. The van der Waals surface area contributed by atoms with Gasteiger partial charge in [-0.1, -0.05) is 51.8 Å². The van der Waals surface area contributed by atoms with Gasteiger partial charge < -0.3 is 4.90 Å². The van der Waals surface area contributed by atoms with Gasteiger partial charge in [-0.25, -0.2) is 0 Å². The molecule has 0 saturated heterocycles. The van der Waals surface area contributed by atoms with E-state index in [4.69, 9.17) is 11.6 Å². The molecule has 2 aromatic carbocycles. The van der Waals surface area contributed by atoms with Crippen molar-refractivity contribution in [3.63, 3.8) is 0 Å². The first-order valence-corrected chi connectivity index (χ1v) is 7.42. The maximum absolute atomic E-state index is 12.5. The largest absolute Gasteiger partial charge is 0.337 e. The summed E-state index contributed by atoms with van der Waals surface area (Å²) in [6.07, 6.45) is 0. The second-order valence-electron chi connectivity index (χ2n) is 4.67. The molecule has 2 rings (SSSR count). The van der Waals surface area contributed by atoms with Crippen molar-refractivity contribution in [3.05, 3.63) is 68.7 Å². The molecule has 20 heavy (non-hydrogen) atoms. The number of carbonyl (C=O) groups excluding carboxylic acids is 1. The molecular formula is C16H15BrClNO. The van der Waals surface area contributed by atoms with E-state index in [1.54, 1.807) is 11.9 Å². The highest BCUT2D eigenvalue weighted by molar-refractivity contribution is 9.10. The summed E-state index contributed by atoms with van der Waals surface area (Å²) in [5.74, 6) is -0.0104. The molecule has 0 aliphatic rings. The zero-order valence-electron chi connectivity index (χ0n) is 11.4. The standard InChI is InChI=1S/C16H15BrClNO/c1-11-13(7-5-8-14(11)17)16(20)19(2)10-12-6-3-4-9-15(12)18/h3-9H,10H2,1-2H3. The summed E-state index contributed by atoms with van der Waals surface area (Å²) in [5, 5.41) is 0.679. The molecule has 0 saturated carbocycles. The highest BCUT2D eigenvalue weighted by Gasteiger charge is 2.16. The molecule has 0 bridgehead atoms. The second kappa shape index (κ2) is 6.42. The topological polar surface area (TPSA) is 20.3 Å². The van der Waals surface area contributed by atoms with Gasteiger partial charge in [0.05, 0.1) is 0 Å². The quantitative estimate of drug-likeness (QED) is 0.785. The van der Waals surface area contributed by atoms with Crippen molar-refractivity contribution in [1.82, 2.24) is 4.90 Å². The number of benzene rings is 2. The van der Waals surface area contributed by atoms with E-state index in [9.17, 15) is 4.79 Å². The van der Waals surface area contributed by atoms with Crippen LogP contribution in [-0.2, 0) is 6.54 Å². The fourth-order valence-electron chi connectivity index (χ4n) is 2.00. The van der Waals surface area contributed by atoms with E-state index in [2.05, 4.69) is 15.9 Å². The molecule has 2 aromatic rings.